The van der Waals surface area contributed by atoms with Crippen molar-refractivity contribution in [2.45, 2.75) is 19.4 Å². The minimum absolute atomic E-state index is 0.0185. The number of β-amino-alcohol motifs (C(OH)–C–C–N with tert-alkyl or cyclic N) is 1. The zero-order valence-electron chi connectivity index (χ0n) is 9.64. The van der Waals surface area contributed by atoms with Crippen LogP contribution < -0.4 is 5.01 Å². The van der Waals surface area contributed by atoms with Gasteiger partial charge in [-0.25, -0.2) is 14.4 Å². The summed E-state index contributed by atoms with van der Waals surface area (Å²) in [6.07, 6.45) is 0.414. The smallest absolute Gasteiger partial charge is 0.243 e. The SMILES string of the molecule is CC1CC(=O)N(c2ccc(F)cc2)N1CCO. The van der Waals surface area contributed by atoms with Crippen molar-refractivity contribution >= 4 is 11.6 Å². The van der Waals surface area contributed by atoms with Crippen molar-refractivity contribution in [3.05, 3.63) is 30.1 Å². The summed E-state index contributed by atoms with van der Waals surface area (Å²) in [7, 11) is 0. The van der Waals surface area contributed by atoms with Crippen molar-refractivity contribution in [3.63, 3.8) is 0 Å². The third-order valence-electron chi connectivity index (χ3n) is 2.87. The fraction of sp³-hybridized carbons (Fsp3) is 0.417. The predicted molar refractivity (Wildman–Crippen MR) is 61.8 cm³/mol. The van der Waals surface area contributed by atoms with Gasteiger partial charge in [-0.15, -0.1) is 0 Å². The summed E-state index contributed by atoms with van der Waals surface area (Å²) < 4.78 is 12.8. The highest BCUT2D eigenvalue weighted by atomic mass is 19.1. The number of hydrogen-bond donors (Lipinski definition) is 1. The first kappa shape index (κ1) is 12.0. The van der Waals surface area contributed by atoms with E-state index in [0.717, 1.165) is 0 Å². The number of benzene rings is 1. The van der Waals surface area contributed by atoms with E-state index in [-0.39, 0.29) is 24.4 Å². The van der Waals surface area contributed by atoms with Gasteiger partial charge in [0.25, 0.3) is 0 Å². The molecule has 1 fully saturated rings. The molecule has 1 aromatic rings. The highest BCUT2D eigenvalue weighted by Gasteiger charge is 2.35. The Morgan fingerprint density at radius 3 is 2.65 bits per heavy atom. The Hall–Kier alpha value is -1.46. The van der Waals surface area contributed by atoms with Crippen LogP contribution in [0.5, 0.6) is 0 Å². The molecule has 17 heavy (non-hydrogen) atoms. The van der Waals surface area contributed by atoms with Gasteiger partial charge in [-0.3, -0.25) is 4.79 Å². The van der Waals surface area contributed by atoms with Crippen LogP contribution in [-0.2, 0) is 4.79 Å². The van der Waals surface area contributed by atoms with Crippen LogP contribution in [0.3, 0.4) is 0 Å². The van der Waals surface area contributed by atoms with E-state index >= 15 is 0 Å². The molecular formula is C12H15FN2O2. The first-order valence-electron chi connectivity index (χ1n) is 5.59. The lowest BCUT2D eigenvalue weighted by atomic mass is 10.2. The summed E-state index contributed by atoms with van der Waals surface area (Å²) in [5, 5.41) is 12.3. The number of hydrogen-bond acceptors (Lipinski definition) is 3. The van der Waals surface area contributed by atoms with Crippen LogP contribution in [0.25, 0.3) is 0 Å². The average molecular weight is 238 g/mol. The van der Waals surface area contributed by atoms with Crippen LogP contribution in [-0.4, -0.2) is 35.2 Å². The van der Waals surface area contributed by atoms with Gasteiger partial charge in [0.05, 0.1) is 12.3 Å². The zero-order valence-corrected chi connectivity index (χ0v) is 9.64. The average Bonchev–Trinajstić information content (AvgIpc) is 2.56. The summed E-state index contributed by atoms with van der Waals surface area (Å²) in [5.74, 6) is -0.361. The molecule has 1 atom stereocenters. The van der Waals surface area contributed by atoms with Gasteiger partial charge in [0.15, 0.2) is 0 Å². The Labute approximate surface area is 99.2 Å². The Morgan fingerprint density at radius 2 is 2.06 bits per heavy atom. The Balaban J connectivity index is 2.28. The maximum atomic E-state index is 12.8. The normalized spacial score (nSPS) is 21.2. The molecule has 1 amide bonds. The molecule has 92 valence electrons. The van der Waals surface area contributed by atoms with Crippen molar-refractivity contribution in [3.8, 4) is 0 Å². The van der Waals surface area contributed by atoms with Crippen molar-refractivity contribution in [1.82, 2.24) is 5.01 Å². The standard InChI is InChI=1S/C12H15FN2O2/c1-9-8-12(17)15(14(9)6-7-16)11-4-2-10(13)3-5-11/h2-5,9,16H,6-8H2,1H3. The number of hydrazine groups is 1. The number of carbonyl (C=O) groups excluding carboxylic acids is 1. The monoisotopic (exact) mass is 238 g/mol. The predicted octanol–water partition coefficient (Wildman–Crippen LogP) is 1.16. The summed E-state index contributed by atoms with van der Waals surface area (Å²) in [6, 6.07) is 5.83. The summed E-state index contributed by atoms with van der Waals surface area (Å²) in [5.41, 5.74) is 0.634. The number of amides is 1. The molecule has 1 aliphatic rings. The minimum Gasteiger partial charge on any atom is -0.395 e. The highest BCUT2D eigenvalue weighted by molar-refractivity contribution is 5.94. The molecule has 0 aliphatic carbocycles. The molecule has 1 saturated heterocycles. The summed E-state index contributed by atoms with van der Waals surface area (Å²) in [6.45, 7) is 2.30. The van der Waals surface area contributed by atoms with E-state index in [1.165, 1.54) is 17.1 Å². The van der Waals surface area contributed by atoms with E-state index in [2.05, 4.69) is 0 Å². The quantitative estimate of drug-likeness (QED) is 0.859. The molecule has 0 bridgehead atoms. The Kier molecular flexibility index (Phi) is 3.40. The zero-order chi connectivity index (χ0) is 12.4. The maximum absolute atomic E-state index is 12.8. The molecule has 1 aliphatic heterocycles. The van der Waals surface area contributed by atoms with E-state index in [1.807, 2.05) is 6.92 Å². The van der Waals surface area contributed by atoms with Gasteiger partial charge in [-0.1, -0.05) is 0 Å². The largest absolute Gasteiger partial charge is 0.395 e. The van der Waals surface area contributed by atoms with Gasteiger partial charge in [0, 0.05) is 19.0 Å². The second kappa shape index (κ2) is 4.81. The molecule has 1 N–H and O–H groups in total. The van der Waals surface area contributed by atoms with Gasteiger partial charge >= 0.3 is 0 Å². The number of anilines is 1. The topological polar surface area (TPSA) is 43.8 Å². The number of nitrogens with zero attached hydrogens (tertiary/aromatic N) is 2. The lowest BCUT2D eigenvalue weighted by Crippen LogP contribution is -2.43. The lowest BCUT2D eigenvalue weighted by molar-refractivity contribution is -0.118. The molecule has 5 heteroatoms. The molecule has 2 rings (SSSR count). The third kappa shape index (κ3) is 2.30. The van der Waals surface area contributed by atoms with Crippen LogP contribution in [0.15, 0.2) is 24.3 Å². The molecular weight excluding hydrogens is 223 g/mol. The lowest BCUT2D eigenvalue weighted by Gasteiger charge is -2.30. The van der Waals surface area contributed by atoms with Gasteiger partial charge in [0.1, 0.15) is 5.82 Å². The molecule has 0 aromatic heterocycles. The van der Waals surface area contributed by atoms with Gasteiger partial charge in [0.2, 0.25) is 5.91 Å². The number of rotatable bonds is 3. The van der Waals surface area contributed by atoms with Crippen LogP contribution in [0, 0.1) is 5.82 Å². The molecule has 4 nitrogen and oxygen atoms in total. The van der Waals surface area contributed by atoms with E-state index in [1.54, 1.807) is 17.1 Å². The maximum Gasteiger partial charge on any atom is 0.243 e. The second-order valence-electron chi connectivity index (χ2n) is 4.12. The Morgan fingerprint density at radius 1 is 1.41 bits per heavy atom. The van der Waals surface area contributed by atoms with Crippen molar-refractivity contribution in [2.24, 2.45) is 0 Å². The van der Waals surface area contributed by atoms with E-state index in [9.17, 15) is 9.18 Å². The first-order chi connectivity index (χ1) is 8.13. The number of halogens is 1. The molecule has 0 radical (unpaired) electrons. The highest BCUT2D eigenvalue weighted by Crippen LogP contribution is 2.26. The number of carbonyl (C=O) groups is 1. The summed E-state index contributed by atoms with van der Waals surface area (Å²) in [4.78, 5) is 11.9. The summed E-state index contributed by atoms with van der Waals surface area (Å²) >= 11 is 0. The van der Waals surface area contributed by atoms with Crippen LogP contribution in [0.4, 0.5) is 10.1 Å². The van der Waals surface area contributed by atoms with Crippen molar-refractivity contribution in [1.29, 1.82) is 0 Å². The fourth-order valence-corrected chi connectivity index (χ4v) is 2.08. The van der Waals surface area contributed by atoms with Crippen LogP contribution in [0.2, 0.25) is 0 Å². The van der Waals surface area contributed by atoms with Crippen LogP contribution in [0.1, 0.15) is 13.3 Å². The molecule has 0 spiro atoms. The minimum atomic E-state index is -0.331. The number of aliphatic hydroxyl groups is 1. The second-order valence-corrected chi connectivity index (χ2v) is 4.12. The third-order valence-corrected chi connectivity index (χ3v) is 2.87. The molecule has 1 heterocycles. The first-order valence-corrected chi connectivity index (χ1v) is 5.59. The molecule has 1 aromatic carbocycles. The van der Waals surface area contributed by atoms with Crippen LogP contribution >= 0.6 is 0 Å². The van der Waals surface area contributed by atoms with Gasteiger partial charge in [-0.05, 0) is 31.2 Å². The van der Waals surface area contributed by atoms with Crippen molar-refractivity contribution < 1.29 is 14.3 Å². The fourth-order valence-electron chi connectivity index (χ4n) is 2.08. The van der Waals surface area contributed by atoms with E-state index in [0.29, 0.717) is 18.7 Å². The van der Waals surface area contributed by atoms with Crippen molar-refractivity contribution in [2.75, 3.05) is 18.2 Å². The van der Waals surface area contributed by atoms with Gasteiger partial charge < -0.3 is 5.11 Å². The van der Waals surface area contributed by atoms with E-state index in [4.69, 9.17) is 5.11 Å². The van der Waals surface area contributed by atoms with Gasteiger partial charge in [-0.2, -0.15) is 0 Å². The molecule has 1 unspecified atom stereocenters. The number of aliphatic hydroxyl groups excluding tert-OH is 1. The Bertz CT molecular complexity index is 407. The molecule has 0 saturated carbocycles. The van der Waals surface area contributed by atoms with E-state index < -0.39 is 0 Å².